The second-order valence-corrected chi connectivity index (χ2v) is 8.61. The second-order valence-electron chi connectivity index (χ2n) is 7.66. The third kappa shape index (κ3) is 5.11. The van der Waals surface area contributed by atoms with Gasteiger partial charge in [-0.05, 0) is 53.8 Å². The van der Waals surface area contributed by atoms with E-state index in [1.165, 1.54) is 18.4 Å². The van der Waals surface area contributed by atoms with Gasteiger partial charge in [-0.3, -0.25) is 14.6 Å². The van der Waals surface area contributed by atoms with E-state index < -0.39 is 12.3 Å². The highest BCUT2D eigenvalue weighted by molar-refractivity contribution is 7.12. The Morgan fingerprint density at radius 3 is 2.68 bits per heavy atom. The van der Waals surface area contributed by atoms with Crippen molar-refractivity contribution in [2.45, 2.75) is 32.2 Å². The van der Waals surface area contributed by atoms with E-state index in [1.54, 1.807) is 29.3 Å². The minimum absolute atomic E-state index is 0.00167. The standard InChI is InChI=1S/C25H25N3O5S/c1-3-20-24(17-8-11-21(32-2)19(30)13-17)27-28(23(15-29)33-20)14-16-6-9-18(10-7-16)26-25(31)22-5-4-12-34-22/h4-13,15,20,23,30H,3,14H2,1-2H3,(H,26,31). The molecule has 2 aromatic carbocycles. The van der Waals surface area contributed by atoms with Gasteiger partial charge < -0.3 is 19.9 Å². The fraction of sp³-hybridized carbons (Fsp3) is 0.240. The van der Waals surface area contributed by atoms with E-state index in [1.807, 2.05) is 42.6 Å². The maximum Gasteiger partial charge on any atom is 0.265 e. The summed E-state index contributed by atoms with van der Waals surface area (Å²) in [5.41, 5.74) is 2.87. The van der Waals surface area contributed by atoms with E-state index in [0.29, 0.717) is 40.6 Å². The number of amides is 1. The first-order valence-electron chi connectivity index (χ1n) is 10.8. The number of ether oxygens (including phenoxy) is 2. The van der Waals surface area contributed by atoms with Gasteiger partial charge in [0.15, 0.2) is 17.8 Å². The molecule has 34 heavy (non-hydrogen) atoms. The van der Waals surface area contributed by atoms with Crippen LogP contribution in [0, 0.1) is 0 Å². The number of aldehydes is 1. The minimum atomic E-state index is -0.834. The zero-order valence-electron chi connectivity index (χ0n) is 18.8. The molecule has 1 aliphatic heterocycles. The summed E-state index contributed by atoms with van der Waals surface area (Å²) in [6.07, 6.45) is 0.111. The third-order valence-corrected chi connectivity index (χ3v) is 6.27. The molecular formula is C25H25N3O5S. The molecule has 9 heteroatoms. The van der Waals surface area contributed by atoms with E-state index in [0.717, 1.165) is 11.8 Å². The van der Waals surface area contributed by atoms with Gasteiger partial charge in [0.05, 0.1) is 24.2 Å². The van der Waals surface area contributed by atoms with E-state index in [9.17, 15) is 14.7 Å². The topological polar surface area (TPSA) is 100 Å². The van der Waals surface area contributed by atoms with Crippen LogP contribution in [0.15, 0.2) is 65.1 Å². The number of nitrogens with one attached hydrogen (secondary N) is 1. The van der Waals surface area contributed by atoms with Crippen LogP contribution in [0.2, 0.25) is 0 Å². The molecule has 0 saturated carbocycles. The van der Waals surface area contributed by atoms with Gasteiger partial charge in [-0.15, -0.1) is 11.3 Å². The average Bonchev–Trinajstić information content (AvgIpc) is 3.40. The molecule has 0 aliphatic carbocycles. The lowest BCUT2D eigenvalue weighted by Gasteiger charge is -2.35. The van der Waals surface area contributed by atoms with E-state index >= 15 is 0 Å². The van der Waals surface area contributed by atoms with Crippen LogP contribution in [-0.4, -0.2) is 47.5 Å². The molecule has 0 saturated heterocycles. The molecule has 8 nitrogen and oxygen atoms in total. The molecule has 0 bridgehead atoms. The Labute approximate surface area is 201 Å². The SMILES string of the molecule is CCC1OC(C=O)N(Cc2ccc(NC(=O)c3cccs3)cc2)N=C1c1ccc(OC)c(O)c1. The molecule has 0 radical (unpaired) electrons. The lowest BCUT2D eigenvalue weighted by Crippen LogP contribution is -2.45. The minimum Gasteiger partial charge on any atom is -0.504 e. The van der Waals surface area contributed by atoms with E-state index in [4.69, 9.17) is 14.6 Å². The number of hydrogen-bond acceptors (Lipinski definition) is 8. The Bertz CT molecular complexity index is 1180. The van der Waals surface area contributed by atoms with E-state index in [2.05, 4.69) is 5.32 Å². The Morgan fingerprint density at radius 1 is 1.26 bits per heavy atom. The molecule has 0 spiro atoms. The molecule has 2 N–H and O–H groups in total. The van der Waals surface area contributed by atoms with Crippen molar-refractivity contribution in [3.05, 3.63) is 76.0 Å². The Morgan fingerprint density at radius 2 is 2.06 bits per heavy atom. The lowest BCUT2D eigenvalue weighted by molar-refractivity contribution is -0.139. The zero-order valence-corrected chi connectivity index (χ0v) is 19.6. The molecule has 1 aromatic heterocycles. The maximum atomic E-state index is 12.2. The molecular weight excluding hydrogens is 454 g/mol. The highest BCUT2D eigenvalue weighted by atomic mass is 32.1. The fourth-order valence-electron chi connectivity index (χ4n) is 3.65. The van der Waals surface area contributed by atoms with Crippen LogP contribution in [0.5, 0.6) is 11.5 Å². The number of thiophene rings is 1. The maximum absolute atomic E-state index is 12.2. The Hall–Kier alpha value is -3.69. The second kappa shape index (κ2) is 10.5. The van der Waals surface area contributed by atoms with Gasteiger partial charge >= 0.3 is 0 Å². The number of benzene rings is 2. The number of carbonyl (C=O) groups excluding carboxylic acids is 2. The third-order valence-electron chi connectivity index (χ3n) is 5.40. The number of hydrazone groups is 1. The van der Waals surface area contributed by atoms with Gasteiger partial charge in [-0.2, -0.15) is 5.10 Å². The number of methoxy groups -OCH3 is 1. The fourth-order valence-corrected chi connectivity index (χ4v) is 4.27. The van der Waals surface area contributed by atoms with Crippen LogP contribution in [0.4, 0.5) is 5.69 Å². The molecule has 2 unspecified atom stereocenters. The number of nitrogens with zero attached hydrogens (tertiary/aromatic N) is 2. The van der Waals surface area contributed by atoms with Crippen LogP contribution >= 0.6 is 11.3 Å². The molecule has 2 heterocycles. The highest BCUT2D eigenvalue weighted by Crippen LogP contribution is 2.29. The van der Waals surface area contributed by atoms with Crippen LogP contribution in [0.3, 0.4) is 0 Å². The van der Waals surface area contributed by atoms with Gasteiger partial charge in [-0.1, -0.05) is 25.1 Å². The van der Waals surface area contributed by atoms with Gasteiger partial charge in [0.25, 0.3) is 5.91 Å². The van der Waals surface area contributed by atoms with Crippen LogP contribution < -0.4 is 10.1 Å². The summed E-state index contributed by atoms with van der Waals surface area (Å²) < 4.78 is 11.1. The summed E-state index contributed by atoms with van der Waals surface area (Å²) in [5.74, 6) is 0.209. The van der Waals surface area contributed by atoms with Crippen molar-refractivity contribution in [1.29, 1.82) is 0 Å². The molecule has 2 atom stereocenters. The predicted octanol–water partition coefficient (Wildman–Crippen LogP) is 4.25. The summed E-state index contributed by atoms with van der Waals surface area (Å²) in [4.78, 5) is 24.6. The summed E-state index contributed by atoms with van der Waals surface area (Å²) >= 11 is 1.38. The van der Waals surface area contributed by atoms with Crippen LogP contribution in [0.25, 0.3) is 0 Å². The van der Waals surface area contributed by atoms with E-state index in [-0.39, 0.29) is 11.7 Å². The molecule has 4 rings (SSSR count). The summed E-state index contributed by atoms with van der Waals surface area (Å²) in [6.45, 7) is 2.27. The molecule has 3 aromatic rings. The van der Waals surface area contributed by atoms with Gasteiger partial charge in [-0.25, -0.2) is 0 Å². The molecule has 1 aliphatic rings. The molecule has 0 fully saturated rings. The molecule has 176 valence electrons. The lowest BCUT2D eigenvalue weighted by atomic mass is 10.0. The van der Waals surface area contributed by atoms with Gasteiger partial charge in [0.1, 0.15) is 6.10 Å². The predicted molar refractivity (Wildman–Crippen MR) is 130 cm³/mol. The van der Waals surface area contributed by atoms with Crippen molar-refractivity contribution in [2.24, 2.45) is 5.10 Å². The monoisotopic (exact) mass is 479 g/mol. The number of carbonyl (C=O) groups is 2. The highest BCUT2D eigenvalue weighted by Gasteiger charge is 2.31. The van der Waals surface area contributed by atoms with Gasteiger partial charge in [0.2, 0.25) is 6.23 Å². The number of rotatable bonds is 8. The number of anilines is 1. The average molecular weight is 480 g/mol. The van der Waals surface area contributed by atoms with Crippen LogP contribution in [0.1, 0.15) is 34.1 Å². The number of aromatic hydroxyl groups is 1. The first-order valence-corrected chi connectivity index (χ1v) is 11.7. The van der Waals surface area contributed by atoms with Gasteiger partial charge in [0, 0.05) is 11.3 Å². The number of hydrogen-bond donors (Lipinski definition) is 2. The Balaban J connectivity index is 1.54. The zero-order chi connectivity index (χ0) is 24.1. The first kappa shape index (κ1) is 23.5. The number of phenolic OH excluding ortho intramolecular Hbond substituents is 1. The summed E-state index contributed by atoms with van der Waals surface area (Å²) in [5, 5.41) is 21.2. The first-order chi connectivity index (χ1) is 16.5. The van der Waals surface area contributed by atoms with Crippen LogP contribution in [-0.2, 0) is 16.1 Å². The normalized spacial score (nSPS) is 17.7. The summed E-state index contributed by atoms with van der Waals surface area (Å²) in [7, 11) is 1.49. The quantitative estimate of drug-likeness (QED) is 0.469. The largest absolute Gasteiger partial charge is 0.504 e. The molecule has 1 amide bonds. The summed E-state index contributed by atoms with van der Waals surface area (Å²) in [6, 6.07) is 16.0. The van der Waals surface area contributed by atoms with Crippen molar-refractivity contribution in [3.8, 4) is 11.5 Å². The Kier molecular flexibility index (Phi) is 7.24. The van der Waals surface area contributed by atoms with Crippen molar-refractivity contribution >= 4 is 34.9 Å². The van der Waals surface area contributed by atoms with Crippen molar-refractivity contribution in [2.75, 3.05) is 12.4 Å². The van der Waals surface area contributed by atoms with Crippen molar-refractivity contribution in [3.63, 3.8) is 0 Å². The van der Waals surface area contributed by atoms with Crippen molar-refractivity contribution < 1.29 is 24.2 Å². The van der Waals surface area contributed by atoms with Crippen molar-refractivity contribution in [1.82, 2.24) is 5.01 Å². The number of phenols is 1. The smallest absolute Gasteiger partial charge is 0.265 e.